The molecule has 1 aliphatic carbocycles. The molecule has 1 fully saturated rings. The van der Waals surface area contributed by atoms with Gasteiger partial charge in [-0.25, -0.2) is 18.0 Å². The first kappa shape index (κ1) is 34.2. The zero-order valence-corrected chi connectivity index (χ0v) is 25.6. The molecule has 0 bridgehead atoms. The first-order valence-corrected chi connectivity index (χ1v) is 14.0. The van der Waals surface area contributed by atoms with Crippen LogP contribution >= 0.6 is 34.8 Å². The van der Waals surface area contributed by atoms with E-state index in [1.165, 1.54) is 12.1 Å². The number of halogens is 9. The van der Waals surface area contributed by atoms with Crippen molar-refractivity contribution in [1.29, 1.82) is 0 Å². The molecule has 7 nitrogen and oxygen atoms in total. The molecule has 2 atom stereocenters. The summed E-state index contributed by atoms with van der Waals surface area (Å²) in [5.41, 5.74) is -4.42. The van der Waals surface area contributed by atoms with Gasteiger partial charge in [-0.15, -0.1) is 23.2 Å². The molecule has 0 aliphatic heterocycles. The zero-order valence-electron chi connectivity index (χ0n) is 23.3. The fourth-order valence-electron chi connectivity index (χ4n) is 4.38. The van der Waals surface area contributed by atoms with Crippen molar-refractivity contribution >= 4 is 69.8 Å². The van der Waals surface area contributed by atoms with Crippen LogP contribution in [0.25, 0.3) is 0 Å². The number of benzene rings is 3. The molecule has 16 heteroatoms. The molecule has 0 spiro atoms. The Morgan fingerprint density at radius 3 is 2.13 bits per heavy atom. The van der Waals surface area contributed by atoms with Crippen LogP contribution in [-0.4, -0.2) is 27.8 Å². The van der Waals surface area contributed by atoms with Crippen molar-refractivity contribution in [3.8, 4) is 0 Å². The summed E-state index contributed by atoms with van der Waals surface area (Å²) < 4.78 is 86.2. The summed E-state index contributed by atoms with van der Waals surface area (Å²) in [6, 6.07) is 7.38. The molecule has 240 valence electrons. The third-order valence-electron chi connectivity index (χ3n) is 6.43. The van der Waals surface area contributed by atoms with Gasteiger partial charge in [-0.2, -0.15) is 13.2 Å². The molecule has 45 heavy (non-hydrogen) atoms. The lowest BCUT2D eigenvalue weighted by Crippen LogP contribution is -2.27. The second kappa shape index (κ2) is 12.3. The highest BCUT2D eigenvalue weighted by Crippen LogP contribution is 2.65. The Hall–Kier alpha value is -3.68. The molecule has 0 aromatic heterocycles. The number of anilines is 3. The number of rotatable bonds is 6. The van der Waals surface area contributed by atoms with E-state index in [4.69, 9.17) is 39.5 Å². The lowest BCUT2D eigenvalue weighted by molar-refractivity contribution is -0.140. The molecule has 0 radical (unpaired) electrons. The van der Waals surface area contributed by atoms with Crippen LogP contribution in [0.4, 0.5) is 48.2 Å². The zero-order chi connectivity index (χ0) is 33.6. The molecule has 0 saturated heterocycles. The molecular formula is C29H22Cl3F6N3O4. The van der Waals surface area contributed by atoms with Crippen LogP contribution in [0, 0.1) is 23.4 Å². The first-order valence-electron chi connectivity index (χ1n) is 12.8. The van der Waals surface area contributed by atoms with Gasteiger partial charge in [0, 0.05) is 11.6 Å². The maximum absolute atomic E-state index is 15.1. The number of carbonyl (C=O) groups is 3. The molecule has 4 rings (SSSR count). The van der Waals surface area contributed by atoms with Gasteiger partial charge in [0.15, 0.2) is 5.82 Å². The summed E-state index contributed by atoms with van der Waals surface area (Å²) in [6.07, 6.45) is -6.04. The summed E-state index contributed by atoms with van der Waals surface area (Å²) >= 11 is 18.6. The number of alkyl halides is 5. The lowest BCUT2D eigenvalue weighted by atomic mass is 10.0. The van der Waals surface area contributed by atoms with Gasteiger partial charge in [-0.1, -0.05) is 17.7 Å². The minimum atomic E-state index is -5.00. The molecule has 3 amide bonds. The van der Waals surface area contributed by atoms with Crippen LogP contribution in [-0.2, 0) is 15.7 Å². The third kappa shape index (κ3) is 7.59. The second-order valence-corrected chi connectivity index (χ2v) is 12.8. The summed E-state index contributed by atoms with van der Waals surface area (Å²) in [7, 11) is 0. The van der Waals surface area contributed by atoms with Crippen molar-refractivity contribution in [2.75, 3.05) is 16.0 Å². The molecule has 3 aromatic carbocycles. The Kier molecular flexibility index (Phi) is 9.31. The van der Waals surface area contributed by atoms with E-state index in [-0.39, 0.29) is 21.8 Å². The maximum Gasteiger partial charge on any atom is 0.419 e. The van der Waals surface area contributed by atoms with E-state index < -0.39 is 80.2 Å². The van der Waals surface area contributed by atoms with Gasteiger partial charge >= 0.3 is 12.3 Å². The normalized spacial score (nSPS) is 17.3. The van der Waals surface area contributed by atoms with Crippen molar-refractivity contribution in [1.82, 2.24) is 0 Å². The first-order chi connectivity index (χ1) is 20.7. The Morgan fingerprint density at radius 2 is 1.51 bits per heavy atom. The van der Waals surface area contributed by atoms with Gasteiger partial charge in [0.05, 0.1) is 27.8 Å². The van der Waals surface area contributed by atoms with Gasteiger partial charge in [-0.3, -0.25) is 14.9 Å². The van der Waals surface area contributed by atoms with Crippen LogP contribution in [0.1, 0.15) is 48.2 Å². The van der Waals surface area contributed by atoms with Gasteiger partial charge in [0.2, 0.25) is 5.91 Å². The van der Waals surface area contributed by atoms with E-state index in [1.807, 2.05) is 5.32 Å². The third-order valence-corrected chi connectivity index (χ3v) is 7.70. The second-order valence-electron chi connectivity index (χ2n) is 10.9. The highest BCUT2D eigenvalue weighted by atomic mass is 35.5. The summed E-state index contributed by atoms with van der Waals surface area (Å²) in [5.74, 6) is -8.40. The van der Waals surface area contributed by atoms with Gasteiger partial charge in [-0.05, 0) is 68.8 Å². The van der Waals surface area contributed by atoms with Crippen molar-refractivity contribution in [2.24, 2.45) is 5.92 Å². The standard InChI is InChI=1S/C29H22Cl3F6N3O4/c1-27(2,3)45-26(44)40-19-9-8-18(34)23(22(19)35)41-24(42)14-11-13(5-6-16(14)30)39-25(43)21-20(28(21,31)32)12-4-7-17(33)15(10-12)29(36,37)38/h4-11,20-21H,1-3H3,(H,39,43)(H,40,44)(H,41,42)/t20-,21?/m0/s1. The fourth-order valence-corrected chi connectivity index (χ4v) is 5.41. The molecule has 3 aromatic rings. The van der Waals surface area contributed by atoms with E-state index in [2.05, 4.69) is 10.6 Å². The average Bonchev–Trinajstić information content (AvgIpc) is 3.49. The van der Waals surface area contributed by atoms with Crippen molar-refractivity contribution in [3.05, 3.63) is 87.7 Å². The van der Waals surface area contributed by atoms with Crippen molar-refractivity contribution < 1.29 is 45.5 Å². The molecular weight excluding hydrogens is 675 g/mol. The van der Waals surface area contributed by atoms with Gasteiger partial charge in [0.1, 0.15) is 27.3 Å². The number of hydrogen-bond acceptors (Lipinski definition) is 4. The molecule has 1 aliphatic rings. The minimum absolute atomic E-state index is 0.0549. The number of nitrogens with one attached hydrogen (secondary N) is 3. The summed E-state index contributed by atoms with van der Waals surface area (Å²) in [5, 5.41) is 6.39. The molecule has 1 saturated carbocycles. The minimum Gasteiger partial charge on any atom is -0.444 e. The largest absolute Gasteiger partial charge is 0.444 e. The maximum atomic E-state index is 15.1. The van der Waals surface area contributed by atoms with Gasteiger partial charge < -0.3 is 15.4 Å². The molecule has 0 heterocycles. The SMILES string of the molecule is CC(C)(C)OC(=O)Nc1ccc(F)c(NC(=O)c2cc(NC(=O)C3[C@H](c4ccc(F)c(C(F)(F)F)c4)C3(Cl)Cl)ccc2Cl)c1F. The van der Waals surface area contributed by atoms with E-state index in [0.717, 1.165) is 24.3 Å². The quantitative estimate of drug-likeness (QED) is 0.177. The predicted octanol–water partition coefficient (Wildman–Crippen LogP) is 8.90. The number of carbonyl (C=O) groups excluding carboxylic acids is 3. The lowest BCUT2D eigenvalue weighted by Gasteiger charge is -2.20. The summed E-state index contributed by atoms with van der Waals surface area (Å²) in [6.45, 7) is 4.72. The topological polar surface area (TPSA) is 96.5 Å². The van der Waals surface area contributed by atoms with Crippen LogP contribution in [0.5, 0.6) is 0 Å². The van der Waals surface area contributed by atoms with E-state index in [1.54, 1.807) is 20.8 Å². The Bertz CT molecular complexity index is 1690. The van der Waals surface area contributed by atoms with Gasteiger partial charge in [0.25, 0.3) is 5.91 Å². The Balaban J connectivity index is 1.52. The number of hydrogen-bond donors (Lipinski definition) is 3. The fraction of sp³-hybridized carbons (Fsp3) is 0.276. The van der Waals surface area contributed by atoms with E-state index in [9.17, 15) is 36.3 Å². The van der Waals surface area contributed by atoms with Crippen LogP contribution in [0.3, 0.4) is 0 Å². The Morgan fingerprint density at radius 1 is 0.867 bits per heavy atom. The van der Waals surface area contributed by atoms with Crippen LogP contribution in [0.15, 0.2) is 48.5 Å². The number of ether oxygens (including phenoxy) is 1. The van der Waals surface area contributed by atoms with E-state index >= 15 is 4.39 Å². The highest BCUT2D eigenvalue weighted by Gasteiger charge is 2.67. The summed E-state index contributed by atoms with van der Waals surface area (Å²) in [4.78, 5) is 38.1. The molecule has 1 unspecified atom stereocenters. The molecule has 3 N–H and O–H groups in total. The predicted molar refractivity (Wildman–Crippen MR) is 156 cm³/mol. The average molecular weight is 697 g/mol. The van der Waals surface area contributed by atoms with Crippen LogP contribution in [0.2, 0.25) is 5.02 Å². The van der Waals surface area contributed by atoms with Crippen molar-refractivity contribution in [3.63, 3.8) is 0 Å². The van der Waals surface area contributed by atoms with Crippen molar-refractivity contribution in [2.45, 2.75) is 42.8 Å². The monoisotopic (exact) mass is 695 g/mol. The van der Waals surface area contributed by atoms with E-state index in [0.29, 0.717) is 12.1 Å². The number of amides is 3. The Labute approximate surface area is 267 Å². The smallest absolute Gasteiger partial charge is 0.419 e. The van der Waals surface area contributed by atoms with Crippen LogP contribution < -0.4 is 16.0 Å². The highest BCUT2D eigenvalue weighted by molar-refractivity contribution is 6.53.